The maximum atomic E-state index is 13.9. The first kappa shape index (κ1) is 16.4. The maximum absolute atomic E-state index is 13.9. The van der Waals surface area contributed by atoms with E-state index in [2.05, 4.69) is 20.5 Å². The van der Waals surface area contributed by atoms with Gasteiger partial charge < -0.3 is 19.1 Å². The van der Waals surface area contributed by atoms with Gasteiger partial charge in [0, 0.05) is 18.7 Å². The summed E-state index contributed by atoms with van der Waals surface area (Å²) in [4.78, 5) is 10.1. The first-order valence-electron chi connectivity index (χ1n) is 8.29. The second-order valence-electron chi connectivity index (χ2n) is 5.89. The zero-order chi connectivity index (χ0) is 17.9. The molecule has 1 fully saturated rings. The van der Waals surface area contributed by atoms with Crippen LogP contribution in [0.2, 0.25) is 0 Å². The summed E-state index contributed by atoms with van der Waals surface area (Å²) in [6.45, 7) is 1.76. The van der Waals surface area contributed by atoms with E-state index < -0.39 is 5.82 Å². The number of methoxy groups -OCH3 is 1. The minimum absolute atomic E-state index is 0.160. The number of aromatic nitrogens is 2. The third kappa shape index (κ3) is 3.19. The average Bonchev–Trinajstić information content (AvgIpc) is 3.34. The van der Waals surface area contributed by atoms with Gasteiger partial charge in [-0.3, -0.25) is 0 Å². The summed E-state index contributed by atoms with van der Waals surface area (Å²) < 4.78 is 30.0. The molecule has 1 aromatic heterocycles. The van der Waals surface area contributed by atoms with E-state index in [-0.39, 0.29) is 12.7 Å². The molecule has 0 radical (unpaired) electrons. The van der Waals surface area contributed by atoms with E-state index in [0.717, 1.165) is 37.7 Å². The minimum Gasteiger partial charge on any atom is -0.493 e. The van der Waals surface area contributed by atoms with Crippen LogP contribution in [0.1, 0.15) is 18.4 Å². The summed E-state index contributed by atoms with van der Waals surface area (Å²) in [5.74, 6) is 1.85. The van der Waals surface area contributed by atoms with Gasteiger partial charge in [-0.2, -0.15) is 10.1 Å². The van der Waals surface area contributed by atoms with Crippen molar-refractivity contribution in [3.63, 3.8) is 0 Å². The van der Waals surface area contributed by atoms with Crippen LogP contribution in [-0.2, 0) is 0 Å². The average molecular weight is 359 g/mol. The summed E-state index contributed by atoms with van der Waals surface area (Å²) in [5, 5.41) is 4.12. The highest BCUT2D eigenvalue weighted by Gasteiger charge is 2.20. The summed E-state index contributed by atoms with van der Waals surface area (Å²) in [7, 11) is 1.56. The Hall–Kier alpha value is -3.10. The molecule has 2 aliphatic rings. The van der Waals surface area contributed by atoms with Crippen molar-refractivity contribution in [1.82, 2.24) is 9.97 Å². The van der Waals surface area contributed by atoms with E-state index in [1.807, 2.05) is 4.90 Å². The SMILES string of the molecule is COc1cc(/C=N\Nc2ncc(F)c(N3CCCC3)n2)cc2c1OCO2. The summed E-state index contributed by atoms with van der Waals surface area (Å²) in [6.07, 6.45) is 4.81. The van der Waals surface area contributed by atoms with Crippen LogP contribution in [0.5, 0.6) is 17.2 Å². The lowest BCUT2D eigenvalue weighted by molar-refractivity contribution is 0.171. The van der Waals surface area contributed by atoms with Crippen LogP contribution in [0.4, 0.5) is 16.2 Å². The van der Waals surface area contributed by atoms with Crippen LogP contribution in [-0.4, -0.2) is 43.2 Å². The lowest BCUT2D eigenvalue weighted by Gasteiger charge is -2.16. The van der Waals surface area contributed by atoms with Crippen LogP contribution in [0.3, 0.4) is 0 Å². The smallest absolute Gasteiger partial charge is 0.245 e. The van der Waals surface area contributed by atoms with Crippen molar-refractivity contribution in [3.8, 4) is 17.2 Å². The third-order valence-electron chi connectivity index (χ3n) is 4.19. The Balaban J connectivity index is 1.50. The molecule has 9 heteroatoms. The number of hydrazone groups is 1. The van der Waals surface area contributed by atoms with E-state index in [1.165, 1.54) is 0 Å². The normalized spacial score (nSPS) is 15.7. The fourth-order valence-electron chi connectivity index (χ4n) is 2.95. The summed E-state index contributed by atoms with van der Waals surface area (Å²) in [5.41, 5.74) is 3.48. The molecule has 3 heterocycles. The van der Waals surface area contributed by atoms with Crippen molar-refractivity contribution in [2.24, 2.45) is 5.10 Å². The van der Waals surface area contributed by atoms with E-state index in [0.29, 0.717) is 23.1 Å². The van der Waals surface area contributed by atoms with Crippen molar-refractivity contribution in [3.05, 3.63) is 29.7 Å². The van der Waals surface area contributed by atoms with E-state index in [1.54, 1.807) is 25.5 Å². The molecule has 1 saturated heterocycles. The maximum Gasteiger partial charge on any atom is 0.245 e. The Morgan fingerprint density at radius 2 is 2.15 bits per heavy atom. The number of hydrogen-bond donors (Lipinski definition) is 1. The van der Waals surface area contributed by atoms with Crippen molar-refractivity contribution in [2.45, 2.75) is 12.8 Å². The molecule has 0 aliphatic carbocycles. The molecule has 0 atom stereocenters. The summed E-state index contributed by atoms with van der Waals surface area (Å²) in [6, 6.07) is 3.57. The van der Waals surface area contributed by atoms with Crippen molar-refractivity contribution >= 4 is 18.0 Å². The second-order valence-corrected chi connectivity index (χ2v) is 5.89. The molecular weight excluding hydrogens is 341 g/mol. The first-order chi connectivity index (χ1) is 12.7. The molecule has 2 aromatic rings. The lowest BCUT2D eigenvalue weighted by Crippen LogP contribution is -2.21. The third-order valence-corrected chi connectivity index (χ3v) is 4.19. The Bertz CT molecular complexity index is 839. The van der Waals surface area contributed by atoms with Gasteiger partial charge in [-0.1, -0.05) is 0 Å². The van der Waals surface area contributed by atoms with Crippen LogP contribution < -0.4 is 24.5 Å². The van der Waals surface area contributed by atoms with Gasteiger partial charge in [-0.15, -0.1) is 0 Å². The topological polar surface area (TPSA) is 81.1 Å². The van der Waals surface area contributed by atoms with Gasteiger partial charge in [0.15, 0.2) is 23.1 Å². The zero-order valence-corrected chi connectivity index (χ0v) is 14.2. The monoisotopic (exact) mass is 359 g/mol. The fourth-order valence-corrected chi connectivity index (χ4v) is 2.95. The molecule has 1 N–H and O–H groups in total. The second kappa shape index (κ2) is 7.03. The number of ether oxygens (including phenoxy) is 3. The number of nitrogens with one attached hydrogen (secondary N) is 1. The molecule has 0 unspecified atom stereocenters. The van der Waals surface area contributed by atoms with Gasteiger partial charge in [0.25, 0.3) is 0 Å². The lowest BCUT2D eigenvalue weighted by atomic mass is 10.2. The molecule has 1 aromatic carbocycles. The van der Waals surface area contributed by atoms with E-state index in [4.69, 9.17) is 14.2 Å². The van der Waals surface area contributed by atoms with Gasteiger partial charge in [0.1, 0.15) is 0 Å². The van der Waals surface area contributed by atoms with Gasteiger partial charge in [0.2, 0.25) is 18.5 Å². The Kier molecular flexibility index (Phi) is 4.42. The molecule has 0 bridgehead atoms. The minimum atomic E-state index is -0.429. The first-order valence-corrected chi connectivity index (χ1v) is 8.29. The molecule has 0 saturated carbocycles. The molecular formula is C17H18FN5O3. The quantitative estimate of drug-likeness (QED) is 0.648. The summed E-state index contributed by atoms with van der Waals surface area (Å²) >= 11 is 0. The molecule has 0 amide bonds. The Morgan fingerprint density at radius 1 is 1.31 bits per heavy atom. The number of hydrogen-bond acceptors (Lipinski definition) is 8. The van der Waals surface area contributed by atoms with Gasteiger partial charge in [-0.25, -0.2) is 14.8 Å². The number of nitrogens with zero attached hydrogens (tertiary/aromatic N) is 4. The van der Waals surface area contributed by atoms with Gasteiger partial charge in [-0.05, 0) is 25.0 Å². The molecule has 2 aliphatic heterocycles. The number of anilines is 2. The molecule has 8 nitrogen and oxygen atoms in total. The van der Waals surface area contributed by atoms with E-state index >= 15 is 0 Å². The van der Waals surface area contributed by atoms with Crippen LogP contribution in [0.15, 0.2) is 23.4 Å². The molecule has 4 rings (SSSR count). The molecule has 0 spiro atoms. The van der Waals surface area contributed by atoms with E-state index in [9.17, 15) is 4.39 Å². The fraction of sp³-hybridized carbons (Fsp3) is 0.353. The van der Waals surface area contributed by atoms with Gasteiger partial charge >= 0.3 is 0 Å². The Morgan fingerprint density at radius 3 is 2.96 bits per heavy atom. The largest absolute Gasteiger partial charge is 0.493 e. The molecule has 136 valence electrons. The van der Waals surface area contributed by atoms with Crippen molar-refractivity contribution < 1.29 is 18.6 Å². The highest BCUT2D eigenvalue weighted by Crippen LogP contribution is 2.41. The highest BCUT2D eigenvalue weighted by molar-refractivity contribution is 5.83. The van der Waals surface area contributed by atoms with Crippen molar-refractivity contribution in [1.29, 1.82) is 0 Å². The number of fused-ring (bicyclic) bond motifs is 1. The highest BCUT2D eigenvalue weighted by atomic mass is 19.1. The molecule has 26 heavy (non-hydrogen) atoms. The predicted molar refractivity (Wildman–Crippen MR) is 93.8 cm³/mol. The Labute approximate surface area is 149 Å². The van der Waals surface area contributed by atoms with Crippen LogP contribution in [0.25, 0.3) is 0 Å². The number of rotatable bonds is 5. The van der Waals surface area contributed by atoms with Crippen LogP contribution in [0, 0.1) is 5.82 Å². The number of benzene rings is 1. The zero-order valence-electron chi connectivity index (χ0n) is 14.2. The van der Waals surface area contributed by atoms with Gasteiger partial charge in [0.05, 0.1) is 19.5 Å². The standard InChI is InChI=1S/C17H18FN5O3/c1-24-13-6-11(7-14-15(13)26-10-25-14)8-20-22-17-19-9-12(18)16(21-17)23-4-2-3-5-23/h6-9H,2-5,10H2,1H3,(H,19,21,22)/b20-8-. The van der Waals surface area contributed by atoms with Crippen molar-refractivity contribution in [2.75, 3.05) is 37.3 Å². The van der Waals surface area contributed by atoms with Crippen LogP contribution >= 0.6 is 0 Å². The number of halogens is 1. The predicted octanol–water partition coefficient (Wildman–Crippen LogP) is 2.40.